The van der Waals surface area contributed by atoms with Gasteiger partial charge in [-0.15, -0.1) is 5.10 Å². The third kappa shape index (κ3) is 3.21. The third-order valence-electron chi connectivity index (χ3n) is 3.58. The first kappa shape index (κ1) is 15.5. The first-order chi connectivity index (χ1) is 11.1. The van der Waals surface area contributed by atoms with Crippen molar-refractivity contribution in [1.82, 2.24) is 19.7 Å². The predicted octanol–water partition coefficient (Wildman–Crippen LogP) is 2.16. The van der Waals surface area contributed by atoms with Crippen molar-refractivity contribution in [3.8, 4) is 5.88 Å². The number of rotatable bonds is 2. The van der Waals surface area contributed by atoms with Gasteiger partial charge < -0.3 is 20.2 Å². The molecule has 8 nitrogen and oxygen atoms in total. The fourth-order valence-corrected chi connectivity index (χ4v) is 2.44. The zero-order valence-corrected chi connectivity index (χ0v) is 13.6. The van der Waals surface area contributed by atoms with Crippen LogP contribution in [0.2, 0.25) is 5.02 Å². The van der Waals surface area contributed by atoms with Gasteiger partial charge in [-0.2, -0.15) is 4.98 Å². The van der Waals surface area contributed by atoms with Gasteiger partial charge in [-0.25, -0.2) is 4.98 Å². The van der Waals surface area contributed by atoms with Crippen molar-refractivity contribution in [2.75, 3.05) is 17.2 Å². The average Bonchev–Trinajstić information content (AvgIpc) is 2.78. The molecule has 0 fully saturated rings. The molecule has 1 unspecified atom stereocenters. The number of hydrogen-bond donors (Lipinski definition) is 2. The number of hydrogen-bond acceptors (Lipinski definition) is 7. The van der Waals surface area contributed by atoms with Gasteiger partial charge in [-0.05, 0) is 13.8 Å². The van der Waals surface area contributed by atoms with E-state index < -0.39 is 0 Å². The van der Waals surface area contributed by atoms with Crippen molar-refractivity contribution in [2.24, 2.45) is 0 Å². The van der Waals surface area contributed by atoms with Gasteiger partial charge in [0.05, 0.1) is 25.0 Å². The maximum absolute atomic E-state index is 10.8. The van der Waals surface area contributed by atoms with E-state index in [1.807, 2.05) is 13.8 Å². The van der Waals surface area contributed by atoms with Crippen LogP contribution in [0, 0.1) is 6.92 Å². The van der Waals surface area contributed by atoms with Crippen LogP contribution in [0.1, 0.15) is 19.0 Å². The largest absolute Gasteiger partial charge is 0.475 e. The highest BCUT2D eigenvalue weighted by Gasteiger charge is 2.19. The van der Waals surface area contributed by atoms with Crippen LogP contribution in [0.25, 0.3) is 0 Å². The Labute approximate surface area is 138 Å². The first-order valence-corrected chi connectivity index (χ1v) is 7.66. The minimum Gasteiger partial charge on any atom is -0.475 e. The van der Waals surface area contributed by atoms with E-state index in [2.05, 4.69) is 25.7 Å². The lowest BCUT2D eigenvalue weighted by Crippen LogP contribution is -2.19. The van der Waals surface area contributed by atoms with E-state index >= 15 is 0 Å². The molecular formula is C14H17ClN6O2. The van der Waals surface area contributed by atoms with Crippen LogP contribution < -0.4 is 15.4 Å². The maximum atomic E-state index is 10.8. The standard InChI is InChI=1S/C14H17ClN6O2/c1-8-3-6-23-13-11(9(2)21(20-13)4-5-22)18-14-16-7-10(15)12(17-8)19-14/h5,7-8H,3-4,6H2,1-2H3,(H2,16,17,18,19). The molecule has 0 aliphatic carbocycles. The molecule has 2 N–H and O–H groups in total. The smallest absolute Gasteiger partial charge is 0.257 e. The number of nitrogens with one attached hydrogen (secondary N) is 2. The quantitative estimate of drug-likeness (QED) is 0.811. The Morgan fingerprint density at radius 1 is 1.57 bits per heavy atom. The molecule has 122 valence electrons. The summed E-state index contributed by atoms with van der Waals surface area (Å²) in [5.41, 5.74) is 1.42. The van der Waals surface area contributed by atoms with E-state index in [4.69, 9.17) is 16.3 Å². The second-order valence-corrected chi connectivity index (χ2v) is 5.72. The third-order valence-corrected chi connectivity index (χ3v) is 3.85. The highest BCUT2D eigenvalue weighted by molar-refractivity contribution is 6.32. The lowest BCUT2D eigenvalue weighted by atomic mass is 10.2. The second kappa shape index (κ2) is 6.41. The molecule has 9 heteroatoms. The van der Waals surface area contributed by atoms with E-state index in [9.17, 15) is 4.79 Å². The minimum atomic E-state index is 0.120. The summed E-state index contributed by atoms with van der Waals surface area (Å²) in [5.74, 6) is 1.38. The van der Waals surface area contributed by atoms with Gasteiger partial charge in [0.25, 0.3) is 5.88 Å². The number of carbonyl (C=O) groups excluding carboxylic acids is 1. The topological polar surface area (TPSA) is 94.0 Å². The lowest BCUT2D eigenvalue weighted by molar-refractivity contribution is -0.108. The van der Waals surface area contributed by atoms with E-state index in [1.54, 1.807) is 4.68 Å². The summed E-state index contributed by atoms with van der Waals surface area (Å²) in [6.45, 7) is 4.50. The molecular weight excluding hydrogens is 320 g/mol. The summed E-state index contributed by atoms with van der Waals surface area (Å²) in [5, 5.41) is 11.1. The molecule has 3 heterocycles. The monoisotopic (exact) mass is 336 g/mol. The molecule has 0 radical (unpaired) electrons. The number of fused-ring (bicyclic) bond motifs is 3. The highest BCUT2D eigenvalue weighted by atomic mass is 35.5. The van der Waals surface area contributed by atoms with Crippen molar-refractivity contribution >= 4 is 35.3 Å². The number of anilines is 3. The second-order valence-electron chi connectivity index (χ2n) is 5.31. The maximum Gasteiger partial charge on any atom is 0.257 e. The van der Waals surface area contributed by atoms with E-state index in [1.165, 1.54) is 6.20 Å². The van der Waals surface area contributed by atoms with Crippen molar-refractivity contribution in [2.45, 2.75) is 32.9 Å². The molecule has 1 aliphatic rings. The molecule has 0 saturated carbocycles. The van der Waals surface area contributed by atoms with Crippen LogP contribution in [-0.4, -0.2) is 38.7 Å². The molecule has 2 aromatic heterocycles. The van der Waals surface area contributed by atoms with Crippen LogP contribution in [0.5, 0.6) is 5.88 Å². The van der Waals surface area contributed by atoms with Crippen LogP contribution in [0.15, 0.2) is 6.20 Å². The summed E-state index contributed by atoms with van der Waals surface area (Å²) in [6.07, 6.45) is 3.07. The number of ether oxygens (including phenoxy) is 1. The predicted molar refractivity (Wildman–Crippen MR) is 86.5 cm³/mol. The van der Waals surface area contributed by atoms with Gasteiger partial charge in [-0.1, -0.05) is 11.6 Å². The first-order valence-electron chi connectivity index (χ1n) is 7.28. The summed E-state index contributed by atoms with van der Waals surface area (Å²) in [7, 11) is 0. The minimum absolute atomic E-state index is 0.120. The number of aromatic nitrogens is 4. The normalized spacial score (nSPS) is 17.1. The fraction of sp³-hybridized carbons (Fsp3) is 0.429. The highest BCUT2D eigenvalue weighted by Crippen LogP contribution is 2.31. The summed E-state index contributed by atoms with van der Waals surface area (Å²) >= 11 is 6.13. The summed E-state index contributed by atoms with van der Waals surface area (Å²) < 4.78 is 7.35. The number of carbonyl (C=O) groups is 1. The van der Waals surface area contributed by atoms with Crippen molar-refractivity contribution in [3.63, 3.8) is 0 Å². The Kier molecular flexibility index (Phi) is 4.33. The molecule has 0 spiro atoms. The molecule has 1 atom stereocenters. The van der Waals surface area contributed by atoms with Crippen LogP contribution >= 0.6 is 11.6 Å². The average molecular weight is 337 g/mol. The van der Waals surface area contributed by atoms with Crippen LogP contribution in [-0.2, 0) is 11.3 Å². The van der Waals surface area contributed by atoms with E-state index in [-0.39, 0.29) is 12.6 Å². The Morgan fingerprint density at radius 3 is 3.17 bits per heavy atom. The Balaban J connectivity index is 2.04. The van der Waals surface area contributed by atoms with Gasteiger partial charge in [0.2, 0.25) is 5.95 Å². The Hall–Kier alpha value is -2.35. The molecule has 0 aromatic carbocycles. The number of halogens is 1. The lowest BCUT2D eigenvalue weighted by Gasteiger charge is -2.14. The van der Waals surface area contributed by atoms with E-state index in [0.29, 0.717) is 35.0 Å². The molecule has 0 saturated heterocycles. The number of aldehydes is 1. The molecule has 0 amide bonds. The Morgan fingerprint density at radius 2 is 2.39 bits per heavy atom. The Bertz CT molecular complexity index is 732. The van der Waals surface area contributed by atoms with Gasteiger partial charge >= 0.3 is 0 Å². The summed E-state index contributed by atoms with van der Waals surface area (Å²) in [4.78, 5) is 19.4. The van der Waals surface area contributed by atoms with E-state index in [0.717, 1.165) is 18.4 Å². The molecule has 1 aliphatic heterocycles. The van der Waals surface area contributed by atoms with Gasteiger partial charge in [0.15, 0.2) is 5.82 Å². The molecule has 3 rings (SSSR count). The fourth-order valence-electron chi connectivity index (χ4n) is 2.29. The molecule has 23 heavy (non-hydrogen) atoms. The molecule has 2 bridgehead atoms. The van der Waals surface area contributed by atoms with Gasteiger partial charge in [-0.3, -0.25) is 4.68 Å². The van der Waals surface area contributed by atoms with Crippen LogP contribution in [0.4, 0.5) is 17.5 Å². The zero-order valence-electron chi connectivity index (χ0n) is 12.8. The zero-order chi connectivity index (χ0) is 16.4. The number of nitrogens with zero attached hydrogens (tertiary/aromatic N) is 4. The molecule has 2 aromatic rings. The van der Waals surface area contributed by atoms with Crippen molar-refractivity contribution < 1.29 is 9.53 Å². The van der Waals surface area contributed by atoms with Gasteiger partial charge in [0.1, 0.15) is 17.0 Å². The van der Waals surface area contributed by atoms with Gasteiger partial charge in [0, 0.05) is 12.5 Å². The van der Waals surface area contributed by atoms with Crippen LogP contribution in [0.3, 0.4) is 0 Å². The SMILES string of the molecule is Cc1c2c(nn1CC=O)OCCC(C)Nc1nc(ncc1Cl)N2. The van der Waals surface area contributed by atoms with Crippen molar-refractivity contribution in [3.05, 3.63) is 16.9 Å². The van der Waals surface area contributed by atoms with Crippen molar-refractivity contribution in [1.29, 1.82) is 0 Å². The summed E-state index contributed by atoms with van der Waals surface area (Å²) in [6, 6.07) is 0.120.